The van der Waals surface area contributed by atoms with Crippen LogP contribution in [0.25, 0.3) is 0 Å². The summed E-state index contributed by atoms with van der Waals surface area (Å²) in [4.78, 5) is 7.17. The fraction of sp³-hybridized carbons (Fsp3) is 0.591. The number of guanidine groups is 1. The Labute approximate surface area is 174 Å². The van der Waals surface area contributed by atoms with Crippen molar-refractivity contribution in [3.8, 4) is 23.8 Å². The van der Waals surface area contributed by atoms with Gasteiger partial charge in [0.15, 0.2) is 17.5 Å². The Hall–Kier alpha value is -2.43. The van der Waals surface area contributed by atoms with Crippen molar-refractivity contribution in [2.45, 2.75) is 32.9 Å². The summed E-state index contributed by atoms with van der Waals surface area (Å²) in [7, 11) is 1.61. The Morgan fingerprint density at radius 1 is 1.28 bits per heavy atom. The molecule has 0 amide bonds. The highest BCUT2D eigenvalue weighted by molar-refractivity contribution is 5.79. The van der Waals surface area contributed by atoms with Crippen molar-refractivity contribution in [2.75, 3.05) is 53.1 Å². The maximum Gasteiger partial charge on any atom is 0.191 e. The van der Waals surface area contributed by atoms with Crippen molar-refractivity contribution in [1.82, 2.24) is 15.5 Å². The Morgan fingerprint density at radius 2 is 2.03 bits per heavy atom. The third kappa shape index (κ3) is 7.15. The van der Waals surface area contributed by atoms with E-state index >= 15 is 0 Å². The topological polar surface area (TPSA) is 67.4 Å². The van der Waals surface area contributed by atoms with Gasteiger partial charge in [-0.15, -0.1) is 6.42 Å². The van der Waals surface area contributed by atoms with Gasteiger partial charge in [-0.05, 0) is 38.5 Å². The van der Waals surface area contributed by atoms with Crippen LogP contribution in [0.2, 0.25) is 0 Å². The van der Waals surface area contributed by atoms with Gasteiger partial charge in [-0.3, -0.25) is 4.90 Å². The average molecular weight is 403 g/mol. The molecule has 1 aromatic carbocycles. The predicted octanol–water partition coefficient (Wildman–Crippen LogP) is 1.87. The Kier molecular flexibility index (Phi) is 9.10. The third-order valence-corrected chi connectivity index (χ3v) is 4.86. The van der Waals surface area contributed by atoms with Gasteiger partial charge in [-0.1, -0.05) is 12.0 Å². The number of methoxy groups -OCH3 is 1. The van der Waals surface area contributed by atoms with Crippen molar-refractivity contribution in [1.29, 1.82) is 0 Å². The second-order valence-electron chi connectivity index (χ2n) is 7.44. The summed E-state index contributed by atoms with van der Waals surface area (Å²) in [6.45, 7) is 12.3. The van der Waals surface area contributed by atoms with Gasteiger partial charge in [-0.2, -0.15) is 0 Å². The summed E-state index contributed by atoms with van der Waals surface area (Å²) in [5.41, 5.74) is 1.03. The zero-order valence-corrected chi connectivity index (χ0v) is 18.1. The van der Waals surface area contributed by atoms with E-state index in [1.165, 1.54) is 0 Å². The largest absolute Gasteiger partial charge is 0.493 e. The summed E-state index contributed by atoms with van der Waals surface area (Å²) in [6, 6.07) is 5.77. The predicted molar refractivity (Wildman–Crippen MR) is 117 cm³/mol. The highest BCUT2D eigenvalue weighted by Gasteiger charge is 2.28. The van der Waals surface area contributed by atoms with Crippen LogP contribution in [0, 0.1) is 12.3 Å². The lowest BCUT2D eigenvalue weighted by Gasteiger charge is -2.41. The van der Waals surface area contributed by atoms with Crippen molar-refractivity contribution >= 4 is 5.96 Å². The van der Waals surface area contributed by atoms with Gasteiger partial charge in [0.05, 0.1) is 26.9 Å². The van der Waals surface area contributed by atoms with Gasteiger partial charge in [0.25, 0.3) is 0 Å². The number of nitrogens with one attached hydrogen (secondary N) is 2. The van der Waals surface area contributed by atoms with Gasteiger partial charge in [-0.25, -0.2) is 4.99 Å². The van der Waals surface area contributed by atoms with Crippen molar-refractivity contribution in [3.05, 3.63) is 23.8 Å². The zero-order chi connectivity index (χ0) is 21.1. The highest BCUT2D eigenvalue weighted by atomic mass is 16.5. The van der Waals surface area contributed by atoms with Crippen LogP contribution >= 0.6 is 0 Å². The molecular formula is C22H34N4O3. The highest BCUT2D eigenvalue weighted by Crippen LogP contribution is 2.28. The van der Waals surface area contributed by atoms with Crippen LogP contribution in [0.3, 0.4) is 0 Å². The average Bonchev–Trinajstić information content (AvgIpc) is 2.75. The van der Waals surface area contributed by atoms with E-state index in [0.29, 0.717) is 18.0 Å². The van der Waals surface area contributed by atoms with E-state index < -0.39 is 0 Å². The maximum atomic E-state index is 5.57. The van der Waals surface area contributed by atoms with Gasteiger partial charge < -0.3 is 24.8 Å². The lowest BCUT2D eigenvalue weighted by Crippen LogP contribution is -2.56. The van der Waals surface area contributed by atoms with Crippen LogP contribution in [0.5, 0.6) is 11.5 Å². The molecule has 1 aliphatic rings. The monoisotopic (exact) mass is 402 g/mol. The van der Waals surface area contributed by atoms with Crippen molar-refractivity contribution in [3.63, 3.8) is 0 Å². The van der Waals surface area contributed by atoms with E-state index in [2.05, 4.69) is 42.2 Å². The first-order valence-corrected chi connectivity index (χ1v) is 10.1. The Morgan fingerprint density at radius 3 is 2.69 bits per heavy atom. The molecule has 1 saturated heterocycles. The van der Waals surface area contributed by atoms with Gasteiger partial charge in [0, 0.05) is 31.7 Å². The molecule has 0 spiro atoms. The summed E-state index contributed by atoms with van der Waals surface area (Å²) < 4.78 is 16.4. The standard InChI is InChI=1S/C22H34N4O3/c1-6-12-29-20-15-18(8-9-19(20)27-5)16-24-21(23-7-2)25-17-22(3,4)26-10-13-28-14-11-26/h1,8-9,15H,7,10-14,16-17H2,2-5H3,(H2,23,24,25). The molecule has 0 atom stereocenters. The Balaban J connectivity index is 2.01. The van der Waals surface area contributed by atoms with E-state index in [4.69, 9.17) is 25.6 Å². The van der Waals surface area contributed by atoms with Crippen LogP contribution in [0.1, 0.15) is 26.3 Å². The minimum absolute atomic E-state index is 0.0102. The molecule has 7 nitrogen and oxygen atoms in total. The molecule has 2 N–H and O–H groups in total. The number of ether oxygens (including phenoxy) is 3. The van der Waals surface area contributed by atoms with Crippen LogP contribution in [-0.4, -0.2) is 69.5 Å². The lowest BCUT2D eigenvalue weighted by molar-refractivity contribution is -0.00834. The van der Waals surface area contributed by atoms with E-state index in [-0.39, 0.29) is 12.1 Å². The van der Waals surface area contributed by atoms with E-state index in [1.54, 1.807) is 7.11 Å². The summed E-state index contributed by atoms with van der Waals surface area (Å²) in [5.74, 6) is 4.55. The Bertz CT molecular complexity index is 706. The molecule has 1 aromatic rings. The molecule has 1 aliphatic heterocycles. The summed E-state index contributed by atoms with van der Waals surface area (Å²) in [6.07, 6.45) is 5.30. The fourth-order valence-corrected chi connectivity index (χ4v) is 3.14. The number of hydrogen-bond acceptors (Lipinski definition) is 5. The lowest BCUT2D eigenvalue weighted by atomic mass is 10.0. The second-order valence-corrected chi connectivity index (χ2v) is 7.44. The molecule has 1 heterocycles. The van der Waals surface area contributed by atoms with Gasteiger partial charge in [0.1, 0.15) is 6.61 Å². The normalized spacial score (nSPS) is 15.5. The number of rotatable bonds is 9. The second kappa shape index (κ2) is 11.5. The number of hydrogen-bond donors (Lipinski definition) is 2. The van der Waals surface area contributed by atoms with E-state index in [9.17, 15) is 0 Å². The smallest absolute Gasteiger partial charge is 0.191 e. The van der Waals surface area contributed by atoms with Gasteiger partial charge >= 0.3 is 0 Å². The molecule has 2 rings (SSSR count). The van der Waals surface area contributed by atoms with Crippen LogP contribution in [-0.2, 0) is 11.3 Å². The van der Waals surface area contributed by atoms with Crippen LogP contribution in [0.15, 0.2) is 23.2 Å². The quantitative estimate of drug-likeness (QED) is 0.373. The molecule has 0 saturated carbocycles. The fourth-order valence-electron chi connectivity index (χ4n) is 3.14. The number of morpholine rings is 1. The molecule has 0 unspecified atom stereocenters. The van der Waals surface area contributed by atoms with Crippen molar-refractivity contribution in [2.24, 2.45) is 4.99 Å². The zero-order valence-electron chi connectivity index (χ0n) is 18.1. The van der Waals surface area contributed by atoms with E-state index in [0.717, 1.165) is 50.9 Å². The molecule has 29 heavy (non-hydrogen) atoms. The molecule has 0 aliphatic carbocycles. The maximum absolute atomic E-state index is 5.57. The number of terminal acetylenes is 1. The first-order valence-electron chi connectivity index (χ1n) is 10.1. The molecule has 7 heteroatoms. The number of benzene rings is 1. The molecule has 160 valence electrons. The summed E-state index contributed by atoms with van der Waals surface area (Å²) in [5, 5.41) is 6.79. The van der Waals surface area contributed by atoms with Crippen molar-refractivity contribution < 1.29 is 14.2 Å². The molecule has 0 radical (unpaired) electrons. The molecule has 1 fully saturated rings. The van der Waals surface area contributed by atoms with Crippen LogP contribution < -0.4 is 20.1 Å². The molecule has 0 bridgehead atoms. The first kappa shape index (κ1) is 22.9. The first-order chi connectivity index (χ1) is 14.0. The minimum Gasteiger partial charge on any atom is -0.493 e. The number of aliphatic imine (C=N–C) groups is 1. The minimum atomic E-state index is 0.0102. The number of nitrogens with zero attached hydrogens (tertiary/aromatic N) is 2. The molecular weight excluding hydrogens is 368 g/mol. The SMILES string of the molecule is C#CCOc1cc(CN=C(NCC)NCC(C)(C)N2CCOCC2)ccc1OC. The van der Waals surface area contributed by atoms with Gasteiger partial charge in [0.2, 0.25) is 0 Å². The third-order valence-electron chi connectivity index (χ3n) is 4.86. The molecule has 0 aromatic heterocycles. The van der Waals surface area contributed by atoms with E-state index in [1.807, 2.05) is 18.2 Å². The van der Waals surface area contributed by atoms with Crippen LogP contribution in [0.4, 0.5) is 0 Å². The summed E-state index contributed by atoms with van der Waals surface area (Å²) >= 11 is 0.